The molecule has 3 heterocycles. The van der Waals surface area contributed by atoms with E-state index in [9.17, 15) is 0 Å². The summed E-state index contributed by atoms with van der Waals surface area (Å²) in [6.45, 7) is 9.98. The lowest BCUT2D eigenvalue weighted by atomic mass is 10.0. The van der Waals surface area contributed by atoms with Crippen LogP contribution in [0.1, 0.15) is 32.1 Å². The molecule has 1 aliphatic heterocycles. The van der Waals surface area contributed by atoms with Gasteiger partial charge in [0.15, 0.2) is 5.13 Å². The fourth-order valence-corrected chi connectivity index (χ4v) is 5.07. The zero-order valence-electron chi connectivity index (χ0n) is 17.4. The standard InChI is InChI=1S/C20H29N7OS/c1-15(2)14-17(19-22-23-24-27(19)12-13-28-3)25-8-10-26(11-9-25)20-21-16-6-4-5-7-18(16)29-20/h4-7,15,17H,8-14H2,1-3H3/p+1/t17-/m0/s1. The number of fused-ring (bicyclic) bond motifs is 1. The molecule has 0 saturated carbocycles. The summed E-state index contributed by atoms with van der Waals surface area (Å²) in [5.41, 5.74) is 1.09. The number of nitrogens with one attached hydrogen (secondary N) is 1. The molecule has 156 valence electrons. The van der Waals surface area contributed by atoms with Gasteiger partial charge in [-0.05, 0) is 28.5 Å². The quantitative estimate of drug-likeness (QED) is 0.599. The SMILES string of the molecule is COCCn1nnnc1[C@H](CC(C)C)[NH+]1CCN(c2nc3ccccc3s2)CC1. The Hall–Kier alpha value is -2.10. The maximum Gasteiger partial charge on any atom is 0.209 e. The van der Waals surface area contributed by atoms with E-state index in [4.69, 9.17) is 9.72 Å². The number of nitrogens with zero attached hydrogens (tertiary/aromatic N) is 6. The number of benzene rings is 1. The highest BCUT2D eigenvalue weighted by Gasteiger charge is 2.33. The number of para-hydroxylation sites is 1. The summed E-state index contributed by atoms with van der Waals surface area (Å²) >= 11 is 1.79. The zero-order chi connectivity index (χ0) is 20.2. The second-order valence-electron chi connectivity index (χ2n) is 8.04. The second kappa shape index (κ2) is 9.15. The highest BCUT2D eigenvalue weighted by Crippen LogP contribution is 2.28. The molecule has 0 spiro atoms. The molecule has 0 amide bonds. The van der Waals surface area contributed by atoms with Crippen LogP contribution in [0.25, 0.3) is 10.2 Å². The largest absolute Gasteiger partial charge is 0.383 e. The number of rotatable bonds is 8. The van der Waals surface area contributed by atoms with Crippen molar-refractivity contribution in [1.29, 1.82) is 0 Å². The van der Waals surface area contributed by atoms with Crippen LogP contribution in [0.15, 0.2) is 24.3 Å². The van der Waals surface area contributed by atoms with Crippen LogP contribution in [-0.2, 0) is 11.3 Å². The van der Waals surface area contributed by atoms with Gasteiger partial charge in [0.1, 0.15) is 6.04 Å². The first-order valence-electron chi connectivity index (χ1n) is 10.4. The first kappa shape index (κ1) is 20.2. The van der Waals surface area contributed by atoms with Crippen LogP contribution in [0.3, 0.4) is 0 Å². The lowest BCUT2D eigenvalue weighted by Gasteiger charge is -2.36. The van der Waals surface area contributed by atoms with Crippen molar-refractivity contribution in [1.82, 2.24) is 25.2 Å². The van der Waals surface area contributed by atoms with Gasteiger partial charge in [-0.2, -0.15) is 0 Å². The number of thiazole rings is 1. The number of ether oxygens (including phenoxy) is 1. The number of methoxy groups -OCH3 is 1. The predicted octanol–water partition coefficient (Wildman–Crippen LogP) is 1.42. The van der Waals surface area contributed by atoms with Crippen LogP contribution >= 0.6 is 11.3 Å². The Balaban J connectivity index is 1.47. The third kappa shape index (κ3) is 4.57. The van der Waals surface area contributed by atoms with Gasteiger partial charge >= 0.3 is 0 Å². The lowest BCUT2D eigenvalue weighted by Crippen LogP contribution is -3.15. The molecule has 0 aliphatic carbocycles. The molecule has 3 aromatic rings. The average Bonchev–Trinajstić information content (AvgIpc) is 3.37. The minimum absolute atomic E-state index is 0.305. The average molecular weight is 417 g/mol. The number of aromatic nitrogens is 5. The molecule has 1 atom stereocenters. The summed E-state index contributed by atoms with van der Waals surface area (Å²) in [6, 6.07) is 8.68. The van der Waals surface area contributed by atoms with Crippen LogP contribution in [0, 0.1) is 5.92 Å². The third-order valence-electron chi connectivity index (χ3n) is 5.54. The van der Waals surface area contributed by atoms with Crippen LogP contribution in [0.5, 0.6) is 0 Å². The number of tetrazole rings is 1. The molecule has 1 saturated heterocycles. The summed E-state index contributed by atoms with van der Waals surface area (Å²) < 4.78 is 8.41. The molecule has 1 N–H and O–H groups in total. The van der Waals surface area contributed by atoms with E-state index in [-0.39, 0.29) is 0 Å². The number of piperazine rings is 1. The molecule has 0 bridgehead atoms. The van der Waals surface area contributed by atoms with E-state index in [2.05, 4.69) is 58.5 Å². The summed E-state index contributed by atoms with van der Waals surface area (Å²) in [4.78, 5) is 8.82. The zero-order valence-corrected chi connectivity index (χ0v) is 18.2. The molecule has 9 heteroatoms. The Morgan fingerprint density at radius 2 is 2.00 bits per heavy atom. The van der Waals surface area contributed by atoms with Crippen molar-refractivity contribution < 1.29 is 9.64 Å². The molecule has 0 radical (unpaired) electrons. The van der Waals surface area contributed by atoms with Crippen molar-refractivity contribution in [3.05, 3.63) is 30.1 Å². The monoisotopic (exact) mass is 416 g/mol. The molecule has 8 nitrogen and oxygen atoms in total. The number of quaternary nitrogens is 1. The third-order valence-corrected chi connectivity index (χ3v) is 6.63. The van der Waals surface area contributed by atoms with Crippen molar-refractivity contribution in [2.45, 2.75) is 32.9 Å². The van der Waals surface area contributed by atoms with Gasteiger partial charge in [-0.1, -0.05) is 37.3 Å². The van der Waals surface area contributed by atoms with Gasteiger partial charge in [0, 0.05) is 13.5 Å². The molecule has 1 aromatic carbocycles. The molecule has 1 aliphatic rings. The van der Waals surface area contributed by atoms with E-state index < -0.39 is 0 Å². The first-order chi connectivity index (χ1) is 14.2. The van der Waals surface area contributed by atoms with E-state index in [1.165, 1.54) is 4.70 Å². The van der Waals surface area contributed by atoms with E-state index in [1.807, 2.05) is 4.68 Å². The van der Waals surface area contributed by atoms with Crippen molar-refractivity contribution in [2.75, 3.05) is 44.8 Å². The van der Waals surface area contributed by atoms with Crippen LogP contribution in [-0.4, -0.2) is 65.1 Å². The lowest BCUT2D eigenvalue weighted by molar-refractivity contribution is -0.934. The van der Waals surface area contributed by atoms with Gasteiger partial charge in [0.05, 0.1) is 49.5 Å². The minimum atomic E-state index is 0.305. The van der Waals surface area contributed by atoms with Gasteiger partial charge in [0.25, 0.3) is 0 Å². The Morgan fingerprint density at radius 3 is 2.72 bits per heavy atom. The van der Waals surface area contributed by atoms with Gasteiger partial charge < -0.3 is 14.5 Å². The maximum atomic E-state index is 5.23. The highest BCUT2D eigenvalue weighted by atomic mass is 32.1. The van der Waals surface area contributed by atoms with E-state index in [1.54, 1.807) is 23.3 Å². The first-order valence-corrected chi connectivity index (χ1v) is 11.2. The Kier molecular flexibility index (Phi) is 6.37. The number of anilines is 1. The second-order valence-corrected chi connectivity index (χ2v) is 9.05. The van der Waals surface area contributed by atoms with E-state index in [0.717, 1.165) is 49.1 Å². The van der Waals surface area contributed by atoms with Crippen LogP contribution < -0.4 is 9.80 Å². The maximum absolute atomic E-state index is 5.23. The van der Waals surface area contributed by atoms with Crippen molar-refractivity contribution in [3.63, 3.8) is 0 Å². The molecule has 1 fully saturated rings. The summed E-state index contributed by atoms with van der Waals surface area (Å²) in [5, 5.41) is 13.7. The van der Waals surface area contributed by atoms with Gasteiger partial charge in [-0.3, -0.25) is 0 Å². The van der Waals surface area contributed by atoms with Gasteiger partial charge in [-0.25, -0.2) is 9.67 Å². The smallest absolute Gasteiger partial charge is 0.209 e. The topological polar surface area (TPSA) is 73.4 Å². The Labute approximate surface area is 175 Å². The normalized spacial score (nSPS) is 16.8. The van der Waals surface area contributed by atoms with Crippen molar-refractivity contribution in [2.24, 2.45) is 5.92 Å². The van der Waals surface area contributed by atoms with Crippen LogP contribution in [0.4, 0.5) is 5.13 Å². The van der Waals surface area contributed by atoms with E-state index >= 15 is 0 Å². The fraction of sp³-hybridized carbons (Fsp3) is 0.600. The Bertz CT molecular complexity index is 883. The molecule has 2 aromatic heterocycles. The highest BCUT2D eigenvalue weighted by molar-refractivity contribution is 7.22. The van der Waals surface area contributed by atoms with Gasteiger partial charge in [-0.15, -0.1) is 5.10 Å². The molecule has 29 heavy (non-hydrogen) atoms. The minimum Gasteiger partial charge on any atom is -0.383 e. The molecular formula is C20H30N7OS+. The number of hydrogen-bond acceptors (Lipinski definition) is 7. The number of hydrogen-bond donors (Lipinski definition) is 1. The molecular weight excluding hydrogens is 386 g/mol. The van der Waals surface area contributed by atoms with Crippen molar-refractivity contribution >= 4 is 26.7 Å². The van der Waals surface area contributed by atoms with E-state index in [0.29, 0.717) is 25.1 Å². The summed E-state index contributed by atoms with van der Waals surface area (Å²) in [6.07, 6.45) is 1.07. The fourth-order valence-electron chi connectivity index (χ4n) is 4.05. The summed E-state index contributed by atoms with van der Waals surface area (Å²) in [5.74, 6) is 1.57. The van der Waals surface area contributed by atoms with Gasteiger partial charge in [0.2, 0.25) is 5.82 Å². The van der Waals surface area contributed by atoms with Crippen molar-refractivity contribution in [3.8, 4) is 0 Å². The van der Waals surface area contributed by atoms with Crippen LogP contribution in [0.2, 0.25) is 0 Å². The summed E-state index contributed by atoms with van der Waals surface area (Å²) in [7, 11) is 1.71. The molecule has 0 unspecified atom stereocenters. The Morgan fingerprint density at radius 1 is 1.21 bits per heavy atom. The molecule has 4 rings (SSSR count). The predicted molar refractivity (Wildman–Crippen MR) is 114 cm³/mol.